The van der Waals surface area contributed by atoms with E-state index >= 15 is 0 Å². The van der Waals surface area contributed by atoms with Gasteiger partial charge in [0.2, 0.25) is 0 Å². The van der Waals surface area contributed by atoms with Crippen molar-refractivity contribution in [2.45, 2.75) is 39.2 Å². The lowest BCUT2D eigenvalue weighted by molar-refractivity contribution is 0.0740. The first-order valence-corrected chi connectivity index (χ1v) is 8.25. The lowest BCUT2D eigenvalue weighted by Gasteiger charge is -2.24. The highest BCUT2D eigenvalue weighted by Gasteiger charge is 2.31. The van der Waals surface area contributed by atoms with Gasteiger partial charge in [0.05, 0.1) is 10.7 Å². The second-order valence-electron chi connectivity index (χ2n) is 5.63. The van der Waals surface area contributed by atoms with Crippen LogP contribution < -0.4 is 0 Å². The molecule has 1 aliphatic rings. The van der Waals surface area contributed by atoms with Gasteiger partial charge in [-0.05, 0) is 38.7 Å². The molecule has 2 heterocycles. The molecule has 0 bridgehead atoms. The van der Waals surface area contributed by atoms with Crippen LogP contribution in [0.1, 0.15) is 38.8 Å². The molecule has 3 nitrogen and oxygen atoms in total. The zero-order valence-corrected chi connectivity index (χ0v) is 13.3. The quantitative estimate of drug-likeness (QED) is 0.867. The third-order valence-electron chi connectivity index (χ3n) is 4.05. The summed E-state index contributed by atoms with van der Waals surface area (Å²) < 4.78 is 0. The average Bonchev–Trinajstić information content (AvgIpc) is 3.06. The first-order valence-electron chi connectivity index (χ1n) is 7.44. The molecule has 1 amide bonds. The minimum absolute atomic E-state index is 0.163. The van der Waals surface area contributed by atoms with Crippen LogP contribution in [0.15, 0.2) is 30.3 Å². The van der Waals surface area contributed by atoms with Crippen molar-refractivity contribution in [3.63, 3.8) is 0 Å². The standard InChI is InChI=1S/C17H20N2OS/c1-12-16(21-13(2)18-12)17(20)19-10-6-9-15(19)11-14-7-4-3-5-8-14/h3-5,7-8,15H,6,9-11H2,1-2H3. The van der Waals surface area contributed by atoms with Crippen LogP contribution in [0, 0.1) is 13.8 Å². The number of likely N-dealkylation sites (tertiary alicyclic amines) is 1. The van der Waals surface area contributed by atoms with Crippen molar-refractivity contribution in [1.29, 1.82) is 0 Å². The first kappa shape index (κ1) is 14.3. The molecule has 1 atom stereocenters. The van der Waals surface area contributed by atoms with E-state index in [4.69, 9.17) is 0 Å². The predicted molar refractivity (Wildman–Crippen MR) is 85.8 cm³/mol. The van der Waals surface area contributed by atoms with Crippen molar-refractivity contribution in [3.05, 3.63) is 51.5 Å². The highest BCUT2D eigenvalue weighted by molar-refractivity contribution is 7.13. The molecule has 3 rings (SSSR count). The third kappa shape index (κ3) is 3.00. The monoisotopic (exact) mass is 300 g/mol. The number of amides is 1. The zero-order chi connectivity index (χ0) is 14.8. The molecule has 21 heavy (non-hydrogen) atoms. The first-order chi connectivity index (χ1) is 10.1. The van der Waals surface area contributed by atoms with Crippen molar-refractivity contribution >= 4 is 17.2 Å². The Morgan fingerprint density at radius 1 is 1.33 bits per heavy atom. The number of aromatic nitrogens is 1. The van der Waals surface area contributed by atoms with E-state index in [0.717, 1.165) is 41.4 Å². The maximum absolute atomic E-state index is 12.8. The van der Waals surface area contributed by atoms with Gasteiger partial charge >= 0.3 is 0 Å². The number of rotatable bonds is 3. The number of nitrogens with zero attached hydrogens (tertiary/aromatic N) is 2. The number of benzene rings is 1. The fraction of sp³-hybridized carbons (Fsp3) is 0.412. The minimum atomic E-state index is 0.163. The summed E-state index contributed by atoms with van der Waals surface area (Å²) in [5.74, 6) is 0.163. The number of carbonyl (C=O) groups excluding carboxylic acids is 1. The number of thiazole rings is 1. The molecule has 1 unspecified atom stereocenters. The molecule has 1 aromatic carbocycles. The summed E-state index contributed by atoms with van der Waals surface area (Å²) in [4.78, 5) is 20.0. The molecule has 4 heteroatoms. The van der Waals surface area contributed by atoms with Crippen LogP contribution in [0.25, 0.3) is 0 Å². The van der Waals surface area contributed by atoms with Crippen molar-refractivity contribution < 1.29 is 4.79 Å². The topological polar surface area (TPSA) is 33.2 Å². The summed E-state index contributed by atoms with van der Waals surface area (Å²) in [7, 11) is 0. The molecular formula is C17H20N2OS. The van der Waals surface area contributed by atoms with Crippen LogP contribution in [-0.4, -0.2) is 28.4 Å². The van der Waals surface area contributed by atoms with Gasteiger partial charge in [-0.3, -0.25) is 4.79 Å². The average molecular weight is 300 g/mol. The van der Waals surface area contributed by atoms with Gasteiger partial charge < -0.3 is 4.90 Å². The Bertz CT molecular complexity index is 635. The van der Waals surface area contributed by atoms with Crippen LogP contribution >= 0.6 is 11.3 Å². The Labute approximate surface area is 129 Å². The summed E-state index contributed by atoms with van der Waals surface area (Å²) in [6, 6.07) is 10.8. The van der Waals surface area contributed by atoms with Gasteiger partial charge in [0.25, 0.3) is 5.91 Å². The lowest BCUT2D eigenvalue weighted by atomic mass is 10.0. The van der Waals surface area contributed by atoms with Gasteiger partial charge in [-0.1, -0.05) is 30.3 Å². The maximum atomic E-state index is 12.8. The minimum Gasteiger partial charge on any atom is -0.335 e. The van der Waals surface area contributed by atoms with Crippen LogP contribution in [-0.2, 0) is 6.42 Å². The molecule has 2 aromatic rings. The normalized spacial score (nSPS) is 18.2. The maximum Gasteiger partial charge on any atom is 0.266 e. The fourth-order valence-corrected chi connectivity index (χ4v) is 3.94. The van der Waals surface area contributed by atoms with Gasteiger partial charge in [0.15, 0.2) is 0 Å². The van der Waals surface area contributed by atoms with Gasteiger partial charge in [-0.2, -0.15) is 0 Å². The molecule has 1 saturated heterocycles. The van der Waals surface area contributed by atoms with E-state index < -0.39 is 0 Å². The molecule has 0 radical (unpaired) electrons. The molecule has 0 aliphatic carbocycles. The highest BCUT2D eigenvalue weighted by Crippen LogP contribution is 2.26. The number of carbonyl (C=O) groups is 1. The van der Waals surface area contributed by atoms with Crippen LogP contribution in [0.2, 0.25) is 0 Å². The van der Waals surface area contributed by atoms with E-state index in [-0.39, 0.29) is 5.91 Å². The van der Waals surface area contributed by atoms with Crippen molar-refractivity contribution in [3.8, 4) is 0 Å². The fourth-order valence-electron chi connectivity index (χ4n) is 3.06. The van der Waals surface area contributed by atoms with E-state index in [9.17, 15) is 4.79 Å². The summed E-state index contributed by atoms with van der Waals surface area (Å²) in [5, 5.41) is 0.967. The molecule has 1 aromatic heterocycles. The molecule has 110 valence electrons. The third-order valence-corrected chi connectivity index (χ3v) is 5.11. The predicted octanol–water partition coefficient (Wildman–Crippen LogP) is 3.61. The largest absolute Gasteiger partial charge is 0.335 e. The van der Waals surface area contributed by atoms with Crippen molar-refractivity contribution in [2.75, 3.05) is 6.54 Å². The van der Waals surface area contributed by atoms with Crippen LogP contribution in [0.5, 0.6) is 0 Å². The van der Waals surface area contributed by atoms with Crippen LogP contribution in [0.4, 0.5) is 0 Å². The Morgan fingerprint density at radius 2 is 2.10 bits per heavy atom. The van der Waals surface area contributed by atoms with Crippen molar-refractivity contribution in [1.82, 2.24) is 9.88 Å². The SMILES string of the molecule is Cc1nc(C)c(C(=O)N2CCCC2Cc2ccccc2)s1. The summed E-state index contributed by atoms with van der Waals surface area (Å²) in [6.07, 6.45) is 3.14. The molecule has 0 spiro atoms. The number of aryl methyl sites for hydroxylation is 2. The second-order valence-corrected chi connectivity index (χ2v) is 6.83. The Hall–Kier alpha value is -1.68. The zero-order valence-electron chi connectivity index (χ0n) is 12.5. The van der Waals surface area contributed by atoms with Gasteiger partial charge in [0, 0.05) is 12.6 Å². The van der Waals surface area contributed by atoms with Crippen LogP contribution in [0.3, 0.4) is 0 Å². The Morgan fingerprint density at radius 3 is 2.76 bits per heavy atom. The number of hydrogen-bond donors (Lipinski definition) is 0. The van der Waals surface area contributed by atoms with Gasteiger partial charge in [-0.25, -0.2) is 4.98 Å². The van der Waals surface area contributed by atoms with Gasteiger partial charge in [0.1, 0.15) is 4.88 Å². The molecule has 1 fully saturated rings. The molecule has 0 N–H and O–H groups in total. The van der Waals surface area contributed by atoms with E-state index in [1.54, 1.807) is 0 Å². The molecule has 1 aliphatic heterocycles. The lowest BCUT2D eigenvalue weighted by Crippen LogP contribution is -2.36. The second kappa shape index (κ2) is 5.98. The summed E-state index contributed by atoms with van der Waals surface area (Å²) in [6.45, 7) is 4.76. The number of hydrogen-bond acceptors (Lipinski definition) is 3. The smallest absolute Gasteiger partial charge is 0.266 e. The summed E-state index contributed by atoms with van der Waals surface area (Å²) >= 11 is 1.52. The highest BCUT2D eigenvalue weighted by atomic mass is 32.1. The van der Waals surface area contributed by atoms with E-state index in [2.05, 4.69) is 29.2 Å². The Kier molecular flexibility index (Phi) is 4.06. The van der Waals surface area contributed by atoms with E-state index in [1.807, 2.05) is 24.8 Å². The Balaban J connectivity index is 1.77. The molecular weight excluding hydrogens is 280 g/mol. The van der Waals surface area contributed by atoms with E-state index in [1.165, 1.54) is 16.9 Å². The molecule has 0 saturated carbocycles. The van der Waals surface area contributed by atoms with Gasteiger partial charge in [-0.15, -0.1) is 11.3 Å². The van der Waals surface area contributed by atoms with Crippen molar-refractivity contribution in [2.24, 2.45) is 0 Å². The van der Waals surface area contributed by atoms with E-state index in [0.29, 0.717) is 6.04 Å². The summed E-state index contributed by atoms with van der Waals surface area (Å²) in [5.41, 5.74) is 2.17.